The van der Waals surface area contributed by atoms with Gasteiger partial charge in [0.2, 0.25) is 5.91 Å². The Morgan fingerprint density at radius 3 is 3.03 bits per heavy atom. The first-order valence-corrected chi connectivity index (χ1v) is 11.0. The lowest BCUT2D eigenvalue weighted by Gasteiger charge is -2.32. The van der Waals surface area contributed by atoms with E-state index in [0.717, 1.165) is 42.0 Å². The predicted molar refractivity (Wildman–Crippen MR) is 114 cm³/mol. The summed E-state index contributed by atoms with van der Waals surface area (Å²) in [6.45, 7) is 6.37. The zero-order valence-corrected chi connectivity index (χ0v) is 17.6. The van der Waals surface area contributed by atoms with E-state index in [-0.39, 0.29) is 36.6 Å². The standard InChI is InChI=1S/C20H27N5O3S/c1-13(2)18-22-24(19(28)16-10-14-5-9-29-20(14)25(16)18)12-17(27)21-15-4-3-6-23(11-15)7-8-26/h5,9-10,13,15,26H,3-4,6-8,11-12H2,1-2H3,(H,21,27)/t15-/m1/s1. The van der Waals surface area contributed by atoms with Crippen LogP contribution in [0.4, 0.5) is 0 Å². The summed E-state index contributed by atoms with van der Waals surface area (Å²) in [6.07, 6.45) is 1.88. The number of fused-ring (bicyclic) bond motifs is 3. The highest BCUT2D eigenvalue weighted by atomic mass is 32.1. The summed E-state index contributed by atoms with van der Waals surface area (Å²) in [5.74, 6) is 0.676. The molecule has 4 heterocycles. The summed E-state index contributed by atoms with van der Waals surface area (Å²) in [5.41, 5.74) is 0.309. The van der Waals surface area contributed by atoms with Crippen molar-refractivity contribution in [3.05, 3.63) is 33.7 Å². The molecule has 0 aromatic carbocycles. The summed E-state index contributed by atoms with van der Waals surface area (Å²) in [6, 6.07) is 3.91. The van der Waals surface area contributed by atoms with E-state index in [1.54, 1.807) is 11.3 Å². The normalized spacial score (nSPS) is 18.1. The summed E-state index contributed by atoms with van der Waals surface area (Å²) < 4.78 is 3.22. The number of aliphatic hydroxyl groups is 1. The molecule has 9 heteroatoms. The second-order valence-electron chi connectivity index (χ2n) is 7.95. The molecule has 4 rings (SSSR count). The minimum atomic E-state index is -0.251. The van der Waals surface area contributed by atoms with Gasteiger partial charge in [-0.05, 0) is 36.9 Å². The van der Waals surface area contributed by atoms with Gasteiger partial charge in [-0.15, -0.1) is 11.3 Å². The lowest BCUT2D eigenvalue weighted by atomic mass is 10.1. The average molecular weight is 418 g/mol. The third-order valence-corrected chi connectivity index (χ3v) is 6.33. The largest absolute Gasteiger partial charge is 0.395 e. The van der Waals surface area contributed by atoms with Gasteiger partial charge in [-0.1, -0.05) is 13.8 Å². The van der Waals surface area contributed by atoms with Gasteiger partial charge in [0.15, 0.2) is 0 Å². The maximum atomic E-state index is 13.0. The number of aromatic nitrogens is 3. The monoisotopic (exact) mass is 417 g/mol. The maximum absolute atomic E-state index is 13.0. The summed E-state index contributed by atoms with van der Waals surface area (Å²) >= 11 is 1.58. The minimum absolute atomic E-state index is 0.0328. The molecule has 0 aliphatic carbocycles. The van der Waals surface area contributed by atoms with Crippen LogP contribution in [0.3, 0.4) is 0 Å². The van der Waals surface area contributed by atoms with Crippen molar-refractivity contribution in [3.63, 3.8) is 0 Å². The molecule has 1 fully saturated rings. The highest BCUT2D eigenvalue weighted by Crippen LogP contribution is 2.26. The Morgan fingerprint density at radius 1 is 1.45 bits per heavy atom. The number of nitrogens with one attached hydrogen (secondary N) is 1. The molecule has 1 aliphatic rings. The summed E-state index contributed by atoms with van der Waals surface area (Å²) in [5, 5.41) is 19.7. The Morgan fingerprint density at radius 2 is 2.28 bits per heavy atom. The van der Waals surface area contributed by atoms with Gasteiger partial charge in [0.1, 0.15) is 22.7 Å². The molecule has 0 saturated carbocycles. The van der Waals surface area contributed by atoms with Crippen LogP contribution >= 0.6 is 11.3 Å². The number of amides is 1. The Kier molecular flexibility index (Phi) is 5.71. The van der Waals surface area contributed by atoms with Crippen molar-refractivity contribution < 1.29 is 9.90 Å². The van der Waals surface area contributed by atoms with Gasteiger partial charge < -0.3 is 10.4 Å². The van der Waals surface area contributed by atoms with Crippen molar-refractivity contribution in [1.29, 1.82) is 0 Å². The zero-order chi connectivity index (χ0) is 20.5. The van der Waals surface area contributed by atoms with Crippen LogP contribution in [0.5, 0.6) is 0 Å². The lowest BCUT2D eigenvalue weighted by molar-refractivity contribution is -0.123. The molecule has 2 N–H and O–H groups in total. The Labute approximate surface area is 172 Å². The molecule has 1 saturated heterocycles. The van der Waals surface area contributed by atoms with Crippen LogP contribution in [0.1, 0.15) is 38.4 Å². The molecular weight excluding hydrogens is 390 g/mol. The molecule has 3 aromatic rings. The maximum Gasteiger partial charge on any atom is 0.291 e. The van der Waals surface area contributed by atoms with Crippen molar-refractivity contribution >= 4 is 33.0 Å². The fraction of sp³-hybridized carbons (Fsp3) is 0.550. The zero-order valence-electron chi connectivity index (χ0n) is 16.8. The topological polar surface area (TPSA) is 91.9 Å². The number of carbonyl (C=O) groups excluding carboxylic acids is 1. The highest BCUT2D eigenvalue weighted by Gasteiger charge is 2.22. The van der Waals surface area contributed by atoms with Crippen molar-refractivity contribution in [2.24, 2.45) is 0 Å². The molecular formula is C20H27N5O3S. The Bertz CT molecular complexity index is 1080. The van der Waals surface area contributed by atoms with Crippen molar-refractivity contribution in [3.8, 4) is 0 Å². The second kappa shape index (κ2) is 8.25. The second-order valence-corrected chi connectivity index (χ2v) is 8.85. The Balaban J connectivity index is 1.58. The van der Waals surface area contributed by atoms with Gasteiger partial charge in [0, 0.05) is 30.4 Å². The average Bonchev–Trinajstić information content (AvgIpc) is 3.26. The summed E-state index contributed by atoms with van der Waals surface area (Å²) in [7, 11) is 0. The number of β-amino-alcohol motifs (C(OH)–C–C–N with tert-alkyl or cyclic N) is 1. The van der Waals surface area contributed by atoms with E-state index in [0.29, 0.717) is 12.1 Å². The number of hydrogen-bond acceptors (Lipinski definition) is 6. The molecule has 0 bridgehead atoms. The molecule has 1 atom stereocenters. The number of hydrogen-bond donors (Lipinski definition) is 2. The van der Waals surface area contributed by atoms with Crippen LogP contribution in [0.15, 0.2) is 22.3 Å². The van der Waals surface area contributed by atoms with Gasteiger partial charge in [0.25, 0.3) is 5.56 Å². The minimum Gasteiger partial charge on any atom is -0.395 e. The molecule has 29 heavy (non-hydrogen) atoms. The van der Waals surface area contributed by atoms with Crippen LogP contribution in [0.2, 0.25) is 0 Å². The predicted octanol–water partition coefficient (Wildman–Crippen LogP) is 1.41. The lowest BCUT2D eigenvalue weighted by Crippen LogP contribution is -2.49. The first kappa shape index (κ1) is 20.1. The molecule has 1 aliphatic heterocycles. The third kappa shape index (κ3) is 3.94. The molecule has 0 spiro atoms. The van der Waals surface area contributed by atoms with Gasteiger partial charge in [-0.2, -0.15) is 5.10 Å². The van der Waals surface area contributed by atoms with E-state index in [9.17, 15) is 9.59 Å². The van der Waals surface area contributed by atoms with E-state index in [2.05, 4.69) is 15.3 Å². The first-order chi connectivity index (χ1) is 14.0. The van der Waals surface area contributed by atoms with Gasteiger partial charge in [0.05, 0.1) is 6.61 Å². The van der Waals surface area contributed by atoms with Crippen LogP contribution < -0.4 is 10.9 Å². The third-order valence-electron chi connectivity index (χ3n) is 5.41. The van der Waals surface area contributed by atoms with E-state index < -0.39 is 0 Å². The van der Waals surface area contributed by atoms with Crippen LogP contribution in [0, 0.1) is 0 Å². The molecule has 3 aromatic heterocycles. The number of nitrogens with zero attached hydrogens (tertiary/aromatic N) is 4. The number of carbonyl (C=O) groups is 1. The first-order valence-electron chi connectivity index (χ1n) is 10.1. The summed E-state index contributed by atoms with van der Waals surface area (Å²) in [4.78, 5) is 28.8. The van der Waals surface area contributed by atoms with Gasteiger partial charge in [-0.25, -0.2) is 4.68 Å². The van der Waals surface area contributed by atoms with E-state index >= 15 is 0 Å². The number of piperidine rings is 1. The van der Waals surface area contributed by atoms with Crippen molar-refractivity contribution in [2.45, 2.75) is 45.2 Å². The highest BCUT2D eigenvalue weighted by molar-refractivity contribution is 7.16. The fourth-order valence-corrected chi connectivity index (χ4v) is 4.97. The van der Waals surface area contributed by atoms with Gasteiger partial charge >= 0.3 is 0 Å². The molecule has 0 radical (unpaired) electrons. The van der Waals surface area contributed by atoms with Crippen molar-refractivity contribution in [2.75, 3.05) is 26.2 Å². The van der Waals surface area contributed by atoms with E-state index in [4.69, 9.17) is 5.11 Å². The number of rotatable bonds is 6. The smallest absolute Gasteiger partial charge is 0.291 e. The number of likely N-dealkylation sites (tertiary alicyclic amines) is 1. The van der Waals surface area contributed by atoms with Crippen LogP contribution in [0.25, 0.3) is 15.7 Å². The van der Waals surface area contributed by atoms with Crippen LogP contribution in [-0.2, 0) is 11.3 Å². The fourth-order valence-electron chi connectivity index (χ4n) is 4.06. The van der Waals surface area contributed by atoms with Crippen LogP contribution in [-0.4, -0.2) is 62.4 Å². The number of thiophene rings is 1. The van der Waals surface area contributed by atoms with Crippen molar-refractivity contribution in [1.82, 2.24) is 24.4 Å². The van der Waals surface area contributed by atoms with E-state index in [1.165, 1.54) is 4.68 Å². The quantitative estimate of drug-likeness (QED) is 0.633. The Hall–Kier alpha value is -2.23. The molecule has 156 valence electrons. The molecule has 1 amide bonds. The van der Waals surface area contributed by atoms with Gasteiger partial charge in [-0.3, -0.25) is 18.9 Å². The molecule has 0 unspecified atom stereocenters. The molecule has 8 nitrogen and oxygen atoms in total. The SMILES string of the molecule is CC(C)c1nn(CC(=O)N[C@@H]2CCCN(CCO)C2)c(=O)c2cc3ccsc3n12. The van der Waals surface area contributed by atoms with E-state index in [1.807, 2.05) is 35.8 Å². The number of aliphatic hydroxyl groups excluding tert-OH is 1.